The molecule has 9 heavy (non-hydrogen) atoms. The van der Waals surface area contributed by atoms with Crippen LogP contribution in [0.5, 0.6) is 0 Å². The van der Waals surface area contributed by atoms with Gasteiger partial charge in [-0.15, -0.1) is 0 Å². The van der Waals surface area contributed by atoms with E-state index >= 15 is 0 Å². The van der Waals surface area contributed by atoms with Crippen LogP contribution in [0.2, 0.25) is 0 Å². The van der Waals surface area contributed by atoms with Crippen LogP contribution in [-0.4, -0.2) is 11.7 Å². The summed E-state index contributed by atoms with van der Waals surface area (Å²) in [7, 11) is 0. The molecule has 0 aliphatic carbocycles. The molecule has 0 aromatic heterocycles. The Labute approximate surface area is 54.8 Å². The maximum Gasteiger partial charge on any atom is 0.212 e. The van der Waals surface area contributed by atoms with Gasteiger partial charge in [-0.2, -0.15) is 0 Å². The van der Waals surface area contributed by atoms with Gasteiger partial charge in [-0.1, -0.05) is 6.58 Å². The van der Waals surface area contributed by atoms with Gasteiger partial charge >= 0.3 is 0 Å². The summed E-state index contributed by atoms with van der Waals surface area (Å²) in [5, 5.41) is 6.77. The van der Waals surface area contributed by atoms with E-state index in [1.807, 2.05) is 6.92 Å². The quantitative estimate of drug-likeness (QED) is 0.397. The van der Waals surface area contributed by atoms with Crippen LogP contribution in [0, 0.1) is 5.41 Å². The Balaban J connectivity index is 4.17. The number of rotatable bonds is 1. The van der Waals surface area contributed by atoms with Crippen LogP contribution in [0.4, 0.5) is 0 Å². The number of allylic oxidation sites excluding steroid dienone is 1. The summed E-state index contributed by atoms with van der Waals surface area (Å²) in [6.45, 7) is 7.21. The van der Waals surface area contributed by atoms with Gasteiger partial charge in [-0.05, 0) is 19.4 Å². The fraction of sp³-hybridized carbons (Fsp3) is 0.333. The summed E-state index contributed by atoms with van der Waals surface area (Å²) in [5.41, 5.74) is 6.53. The fourth-order valence-corrected chi connectivity index (χ4v) is 0.276. The predicted octanol–water partition coefficient (Wildman–Crippen LogP) is 0.917. The van der Waals surface area contributed by atoms with E-state index in [0.717, 1.165) is 5.57 Å². The normalized spacial score (nSPS) is 11.1. The highest BCUT2D eigenvalue weighted by atomic mass is 15.0. The Morgan fingerprint density at radius 3 is 2.11 bits per heavy atom. The second kappa shape index (κ2) is 3.02. The first-order chi connectivity index (χ1) is 4.04. The lowest BCUT2D eigenvalue weighted by molar-refractivity contribution is 1.36. The topological polar surface area (TPSA) is 62.2 Å². The summed E-state index contributed by atoms with van der Waals surface area (Å²) in [6, 6.07) is 0. The van der Waals surface area contributed by atoms with E-state index in [4.69, 9.17) is 11.1 Å². The molecule has 0 bridgehead atoms. The molecule has 0 saturated carbocycles. The minimum atomic E-state index is -0.171. The first-order valence-corrected chi connectivity index (χ1v) is 2.59. The van der Waals surface area contributed by atoms with Gasteiger partial charge in [-0.3, -0.25) is 5.41 Å². The molecule has 0 aromatic carbocycles. The van der Waals surface area contributed by atoms with Crippen molar-refractivity contribution in [2.24, 2.45) is 10.7 Å². The lowest BCUT2D eigenvalue weighted by Gasteiger charge is -1.94. The first-order valence-electron chi connectivity index (χ1n) is 2.59. The lowest BCUT2D eigenvalue weighted by atomic mass is 10.2. The van der Waals surface area contributed by atoms with Crippen molar-refractivity contribution in [3.05, 3.63) is 12.2 Å². The maximum absolute atomic E-state index is 6.77. The Kier molecular flexibility index (Phi) is 2.64. The highest BCUT2D eigenvalue weighted by Crippen LogP contribution is 1.90. The zero-order chi connectivity index (χ0) is 7.44. The number of nitrogens with one attached hydrogen (secondary N) is 1. The van der Waals surface area contributed by atoms with E-state index in [1.165, 1.54) is 0 Å². The van der Waals surface area contributed by atoms with E-state index in [1.54, 1.807) is 6.92 Å². The van der Waals surface area contributed by atoms with Crippen LogP contribution >= 0.6 is 0 Å². The van der Waals surface area contributed by atoms with E-state index in [-0.39, 0.29) is 5.96 Å². The largest absolute Gasteiger partial charge is 0.368 e. The summed E-state index contributed by atoms with van der Waals surface area (Å²) >= 11 is 0. The van der Waals surface area contributed by atoms with Crippen LogP contribution in [0.15, 0.2) is 17.1 Å². The van der Waals surface area contributed by atoms with Crippen LogP contribution in [0.25, 0.3) is 0 Å². The van der Waals surface area contributed by atoms with E-state index in [0.29, 0.717) is 5.71 Å². The Morgan fingerprint density at radius 2 is 2.00 bits per heavy atom. The molecular formula is C6H11N3. The van der Waals surface area contributed by atoms with Crippen molar-refractivity contribution in [1.82, 2.24) is 0 Å². The van der Waals surface area contributed by atoms with Crippen molar-refractivity contribution in [3.63, 3.8) is 0 Å². The number of guanidine groups is 1. The van der Waals surface area contributed by atoms with Crippen LogP contribution in [0.3, 0.4) is 0 Å². The van der Waals surface area contributed by atoms with E-state index in [9.17, 15) is 0 Å². The molecule has 3 heteroatoms. The monoisotopic (exact) mass is 125 g/mol. The second-order valence-electron chi connectivity index (χ2n) is 1.86. The summed E-state index contributed by atoms with van der Waals surface area (Å²) < 4.78 is 0. The molecule has 0 aliphatic rings. The Hall–Kier alpha value is -1.12. The zero-order valence-electron chi connectivity index (χ0n) is 5.73. The van der Waals surface area contributed by atoms with E-state index < -0.39 is 0 Å². The molecule has 0 rings (SSSR count). The van der Waals surface area contributed by atoms with Crippen molar-refractivity contribution in [2.45, 2.75) is 13.8 Å². The molecule has 0 spiro atoms. The Morgan fingerprint density at radius 1 is 1.56 bits per heavy atom. The number of aliphatic imine (C=N–C) groups is 1. The van der Waals surface area contributed by atoms with Crippen molar-refractivity contribution >= 4 is 11.7 Å². The van der Waals surface area contributed by atoms with Crippen molar-refractivity contribution < 1.29 is 0 Å². The third-order valence-corrected chi connectivity index (χ3v) is 0.906. The van der Waals surface area contributed by atoms with Gasteiger partial charge in [0, 0.05) is 5.71 Å². The van der Waals surface area contributed by atoms with Crippen LogP contribution < -0.4 is 5.73 Å². The molecule has 0 saturated heterocycles. The fourth-order valence-electron chi connectivity index (χ4n) is 0.276. The smallest absolute Gasteiger partial charge is 0.212 e. The molecule has 0 atom stereocenters. The number of nitrogens with two attached hydrogens (primary N) is 1. The number of hydrogen-bond acceptors (Lipinski definition) is 1. The predicted molar refractivity (Wildman–Crippen MR) is 39.8 cm³/mol. The molecule has 0 radical (unpaired) electrons. The SMILES string of the molecule is C=C(C)/C(C)=N\C(=N)N. The molecule has 0 heterocycles. The molecule has 0 fully saturated rings. The third-order valence-electron chi connectivity index (χ3n) is 0.906. The minimum absolute atomic E-state index is 0.171. The van der Waals surface area contributed by atoms with Crippen LogP contribution in [0.1, 0.15) is 13.8 Å². The van der Waals surface area contributed by atoms with Gasteiger partial charge in [0.15, 0.2) is 0 Å². The standard InChI is InChI=1S/C6H11N3/c1-4(2)5(3)9-6(7)8/h1H2,2-3H3,(H3,7,8)/b9-5-. The van der Waals surface area contributed by atoms with Crippen molar-refractivity contribution in [2.75, 3.05) is 0 Å². The van der Waals surface area contributed by atoms with Gasteiger partial charge < -0.3 is 5.73 Å². The van der Waals surface area contributed by atoms with Gasteiger partial charge in [0.2, 0.25) is 5.96 Å². The lowest BCUT2D eigenvalue weighted by Crippen LogP contribution is -2.08. The maximum atomic E-state index is 6.77. The summed E-state index contributed by atoms with van der Waals surface area (Å²) in [6.07, 6.45) is 0. The van der Waals surface area contributed by atoms with E-state index in [2.05, 4.69) is 11.6 Å². The first kappa shape index (κ1) is 7.88. The molecule has 0 aliphatic heterocycles. The highest BCUT2D eigenvalue weighted by molar-refractivity contribution is 6.03. The number of hydrogen-bond donors (Lipinski definition) is 2. The summed E-state index contributed by atoms with van der Waals surface area (Å²) in [4.78, 5) is 3.66. The van der Waals surface area contributed by atoms with Crippen molar-refractivity contribution in [1.29, 1.82) is 5.41 Å². The van der Waals surface area contributed by atoms with Crippen molar-refractivity contribution in [3.8, 4) is 0 Å². The Bertz CT molecular complexity index is 167. The molecule has 0 unspecified atom stereocenters. The molecule has 0 amide bonds. The van der Waals surface area contributed by atoms with Gasteiger partial charge in [0.05, 0.1) is 0 Å². The van der Waals surface area contributed by atoms with Gasteiger partial charge in [0.25, 0.3) is 0 Å². The highest BCUT2D eigenvalue weighted by Gasteiger charge is 1.89. The summed E-state index contributed by atoms with van der Waals surface area (Å²) in [5.74, 6) is -0.171. The van der Waals surface area contributed by atoms with Gasteiger partial charge in [-0.25, -0.2) is 4.99 Å². The molecular weight excluding hydrogens is 114 g/mol. The second-order valence-corrected chi connectivity index (χ2v) is 1.86. The molecule has 3 nitrogen and oxygen atoms in total. The van der Waals surface area contributed by atoms with Crippen LogP contribution in [-0.2, 0) is 0 Å². The third kappa shape index (κ3) is 3.46. The molecule has 0 aromatic rings. The molecule has 50 valence electrons. The average molecular weight is 125 g/mol. The average Bonchev–Trinajstić information content (AvgIpc) is 1.63. The minimum Gasteiger partial charge on any atom is -0.368 e. The molecule has 3 N–H and O–H groups in total. The van der Waals surface area contributed by atoms with Gasteiger partial charge in [0.1, 0.15) is 0 Å². The zero-order valence-corrected chi connectivity index (χ0v) is 5.73. The number of nitrogens with zero attached hydrogens (tertiary/aromatic N) is 1.